The Labute approximate surface area is 151 Å². The monoisotopic (exact) mass is 400 g/mol. The fourth-order valence-corrected chi connectivity index (χ4v) is 3.18. The number of carbonyl (C=O) groups excluding carboxylic acids is 1. The second-order valence-electron chi connectivity index (χ2n) is 5.92. The number of hydrogen-bond acceptors (Lipinski definition) is 4. The summed E-state index contributed by atoms with van der Waals surface area (Å²) in [5.74, 6) is -1.32. The van der Waals surface area contributed by atoms with Gasteiger partial charge in [-0.3, -0.25) is 9.59 Å². The molecule has 0 unspecified atom stereocenters. The zero-order valence-corrected chi connectivity index (χ0v) is 14.6. The maximum Gasteiger partial charge on any atom is 0.308 e. The highest BCUT2D eigenvalue weighted by Crippen LogP contribution is 2.31. The highest BCUT2D eigenvalue weighted by molar-refractivity contribution is 9.10. The van der Waals surface area contributed by atoms with Gasteiger partial charge in [0.15, 0.2) is 5.58 Å². The number of carbonyl (C=O) groups is 2. The zero-order valence-electron chi connectivity index (χ0n) is 13.0. The fraction of sp³-hybridized carbons (Fsp3) is 0.167. The molecule has 0 saturated carbocycles. The molecule has 0 radical (unpaired) electrons. The summed E-state index contributed by atoms with van der Waals surface area (Å²) < 4.78 is 6.79. The molecule has 1 aliphatic rings. The third-order valence-electron chi connectivity index (χ3n) is 4.25. The van der Waals surface area contributed by atoms with E-state index in [4.69, 9.17) is 9.52 Å². The van der Waals surface area contributed by atoms with Crippen molar-refractivity contribution < 1.29 is 19.1 Å². The predicted molar refractivity (Wildman–Crippen MR) is 95.2 cm³/mol. The smallest absolute Gasteiger partial charge is 0.308 e. The van der Waals surface area contributed by atoms with Gasteiger partial charge in [0, 0.05) is 34.8 Å². The van der Waals surface area contributed by atoms with Crippen molar-refractivity contribution in [3.05, 3.63) is 46.9 Å². The summed E-state index contributed by atoms with van der Waals surface area (Å²) in [6.07, 6.45) is 0.0217. The van der Waals surface area contributed by atoms with Gasteiger partial charge in [0.2, 0.25) is 11.8 Å². The lowest BCUT2D eigenvalue weighted by Gasteiger charge is -2.15. The Bertz CT molecular complexity index is 980. The molecule has 2 heterocycles. The molecule has 6 nitrogen and oxygen atoms in total. The summed E-state index contributed by atoms with van der Waals surface area (Å²) in [4.78, 5) is 29.2. The zero-order chi connectivity index (χ0) is 17.6. The largest absolute Gasteiger partial charge is 0.481 e. The molecular formula is C18H13BrN2O4. The Morgan fingerprint density at radius 3 is 2.68 bits per heavy atom. The van der Waals surface area contributed by atoms with Crippen molar-refractivity contribution in [2.45, 2.75) is 6.42 Å². The topological polar surface area (TPSA) is 83.6 Å². The summed E-state index contributed by atoms with van der Waals surface area (Å²) in [6, 6.07) is 12.9. The molecule has 1 aliphatic heterocycles. The second-order valence-corrected chi connectivity index (χ2v) is 6.84. The Balaban J connectivity index is 1.68. The van der Waals surface area contributed by atoms with Crippen LogP contribution in [0.25, 0.3) is 22.6 Å². The van der Waals surface area contributed by atoms with Crippen molar-refractivity contribution in [3.63, 3.8) is 0 Å². The number of hydrogen-bond donors (Lipinski definition) is 1. The SMILES string of the molecule is O=C(O)[C@H]1CC(=O)N(c2ccc3nc(-c4ccc(Br)cc4)oc3c2)C1. The minimum absolute atomic E-state index is 0.0217. The van der Waals surface area contributed by atoms with Crippen LogP contribution >= 0.6 is 15.9 Å². The molecule has 3 aromatic rings. The van der Waals surface area contributed by atoms with E-state index < -0.39 is 11.9 Å². The first-order chi connectivity index (χ1) is 12.0. The molecule has 2 aromatic carbocycles. The first kappa shape index (κ1) is 15.8. The van der Waals surface area contributed by atoms with E-state index in [1.165, 1.54) is 4.90 Å². The van der Waals surface area contributed by atoms with Crippen LogP contribution in [0.4, 0.5) is 5.69 Å². The molecule has 25 heavy (non-hydrogen) atoms. The summed E-state index contributed by atoms with van der Waals surface area (Å²) >= 11 is 3.39. The number of nitrogens with zero attached hydrogens (tertiary/aromatic N) is 2. The van der Waals surface area contributed by atoms with Crippen LogP contribution in [0.5, 0.6) is 0 Å². The van der Waals surface area contributed by atoms with Gasteiger partial charge in [-0.15, -0.1) is 0 Å². The van der Waals surface area contributed by atoms with Crippen LogP contribution in [0, 0.1) is 5.92 Å². The molecule has 1 N–H and O–H groups in total. The van der Waals surface area contributed by atoms with Crippen LogP contribution in [0.15, 0.2) is 51.4 Å². The van der Waals surface area contributed by atoms with Crippen molar-refractivity contribution in [1.29, 1.82) is 0 Å². The molecule has 0 aliphatic carbocycles. The molecule has 1 saturated heterocycles. The number of aromatic nitrogens is 1. The quantitative estimate of drug-likeness (QED) is 0.724. The molecule has 0 bridgehead atoms. The van der Waals surface area contributed by atoms with Gasteiger partial charge < -0.3 is 14.4 Å². The van der Waals surface area contributed by atoms with E-state index in [9.17, 15) is 9.59 Å². The summed E-state index contributed by atoms with van der Waals surface area (Å²) in [5.41, 5.74) is 2.72. The lowest BCUT2D eigenvalue weighted by molar-refractivity contribution is -0.141. The third-order valence-corrected chi connectivity index (χ3v) is 4.78. The predicted octanol–water partition coefficient (Wildman–Crippen LogP) is 3.69. The average molecular weight is 401 g/mol. The van der Waals surface area contributed by atoms with Crippen LogP contribution in [-0.4, -0.2) is 28.5 Å². The number of oxazole rings is 1. The van der Waals surface area contributed by atoms with E-state index in [1.54, 1.807) is 18.2 Å². The first-order valence-electron chi connectivity index (χ1n) is 7.71. The number of amides is 1. The van der Waals surface area contributed by atoms with E-state index in [2.05, 4.69) is 20.9 Å². The van der Waals surface area contributed by atoms with Crippen LogP contribution in [-0.2, 0) is 9.59 Å². The van der Waals surface area contributed by atoms with Crippen molar-refractivity contribution in [2.75, 3.05) is 11.4 Å². The third kappa shape index (κ3) is 2.91. The molecule has 7 heteroatoms. The number of rotatable bonds is 3. The van der Waals surface area contributed by atoms with E-state index >= 15 is 0 Å². The fourth-order valence-electron chi connectivity index (χ4n) is 2.92. The lowest BCUT2D eigenvalue weighted by atomic mass is 10.1. The van der Waals surface area contributed by atoms with Gasteiger partial charge in [0.1, 0.15) is 5.52 Å². The minimum Gasteiger partial charge on any atom is -0.481 e. The molecule has 1 aromatic heterocycles. The second kappa shape index (κ2) is 6.00. The Morgan fingerprint density at radius 2 is 2.00 bits per heavy atom. The van der Waals surface area contributed by atoms with Gasteiger partial charge in [0.05, 0.1) is 5.92 Å². The van der Waals surface area contributed by atoms with Gasteiger partial charge in [0.25, 0.3) is 0 Å². The average Bonchev–Trinajstić information content (AvgIpc) is 3.18. The molecule has 1 amide bonds. The minimum atomic E-state index is -0.950. The Morgan fingerprint density at radius 1 is 1.24 bits per heavy atom. The lowest BCUT2D eigenvalue weighted by Crippen LogP contribution is -2.25. The van der Waals surface area contributed by atoms with E-state index in [1.807, 2.05) is 24.3 Å². The summed E-state index contributed by atoms with van der Waals surface area (Å²) in [7, 11) is 0. The van der Waals surface area contributed by atoms with Crippen LogP contribution in [0.3, 0.4) is 0 Å². The van der Waals surface area contributed by atoms with E-state index in [0.717, 1.165) is 10.0 Å². The summed E-state index contributed by atoms with van der Waals surface area (Å²) in [6.45, 7) is 0.174. The Kier molecular flexibility index (Phi) is 3.80. The van der Waals surface area contributed by atoms with E-state index in [0.29, 0.717) is 22.7 Å². The normalized spacial score (nSPS) is 17.4. The van der Waals surface area contributed by atoms with Gasteiger partial charge >= 0.3 is 5.97 Å². The molecule has 126 valence electrons. The molecular weight excluding hydrogens is 388 g/mol. The number of halogens is 1. The molecule has 0 spiro atoms. The molecule has 1 atom stereocenters. The van der Waals surface area contributed by atoms with Crippen molar-refractivity contribution in [2.24, 2.45) is 5.92 Å². The molecule has 1 fully saturated rings. The van der Waals surface area contributed by atoms with Gasteiger partial charge in [-0.1, -0.05) is 15.9 Å². The van der Waals surface area contributed by atoms with Crippen molar-refractivity contribution in [3.8, 4) is 11.5 Å². The van der Waals surface area contributed by atoms with E-state index in [-0.39, 0.29) is 18.9 Å². The maximum atomic E-state index is 12.1. The number of aliphatic carboxylic acids is 1. The first-order valence-corrected chi connectivity index (χ1v) is 8.50. The maximum absolute atomic E-state index is 12.1. The number of fused-ring (bicyclic) bond motifs is 1. The van der Waals surface area contributed by atoms with Gasteiger partial charge in [-0.05, 0) is 36.4 Å². The number of benzene rings is 2. The highest BCUT2D eigenvalue weighted by atomic mass is 79.9. The standard InChI is InChI=1S/C18H13BrN2O4/c19-12-3-1-10(2-4-12)17-20-14-6-5-13(8-15(14)25-17)21-9-11(18(23)24)7-16(21)22/h1-6,8,11H,7,9H2,(H,23,24)/t11-/m0/s1. The van der Waals surface area contributed by atoms with Gasteiger partial charge in [-0.25, -0.2) is 4.98 Å². The van der Waals surface area contributed by atoms with Crippen molar-refractivity contribution >= 4 is 44.6 Å². The Hall–Kier alpha value is -2.67. The number of anilines is 1. The summed E-state index contributed by atoms with van der Waals surface area (Å²) in [5, 5.41) is 9.11. The highest BCUT2D eigenvalue weighted by Gasteiger charge is 2.35. The van der Waals surface area contributed by atoms with Crippen LogP contribution in [0.1, 0.15) is 6.42 Å². The number of carboxylic acids is 1. The van der Waals surface area contributed by atoms with Crippen molar-refractivity contribution in [1.82, 2.24) is 4.98 Å². The van der Waals surface area contributed by atoms with Gasteiger partial charge in [-0.2, -0.15) is 0 Å². The van der Waals surface area contributed by atoms with Crippen LogP contribution < -0.4 is 4.90 Å². The van der Waals surface area contributed by atoms with Crippen LogP contribution in [0.2, 0.25) is 0 Å². The number of carboxylic acid groups (broad SMARTS) is 1. The molecule has 4 rings (SSSR count).